The van der Waals surface area contributed by atoms with E-state index < -0.39 is 0 Å². The average molecular weight is 352 g/mol. The Morgan fingerprint density at radius 1 is 1.08 bits per heavy atom. The average Bonchev–Trinajstić information content (AvgIpc) is 3.12. The standard InChI is InChI=1S/C19H24N6O/c1-14-15(2)22-25-13-20-21-19(25)18(14)24-10-8-23(9-11-24)12-16-6-4-5-7-17(16)26-3/h4-7,13H,8-12H2,1-3H3. The number of ether oxygens (including phenoxy) is 1. The summed E-state index contributed by atoms with van der Waals surface area (Å²) in [6.07, 6.45) is 1.67. The van der Waals surface area contributed by atoms with Crippen LogP contribution in [-0.4, -0.2) is 58.0 Å². The first kappa shape index (κ1) is 16.8. The molecule has 136 valence electrons. The van der Waals surface area contributed by atoms with E-state index in [2.05, 4.69) is 44.2 Å². The van der Waals surface area contributed by atoms with Crippen molar-refractivity contribution in [1.82, 2.24) is 24.7 Å². The second-order valence-electron chi connectivity index (χ2n) is 6.73. The van der Waals surface area contributed by atoms with E-state index in [1.165, 1.54) is 11.1 Å². The Bertz CT molecular complexity index is 914. The first-order chi connectivity index (χ1) is 12.7. The number of para-hydroxylation sites is 1. The Labute approximate surface area is 153 Å². The molecule has 0 atom stereocenters. The van der Waals surface area contributed by atoms with Crippen molar-refractivity contribution in [3.8, 4) is 5.75 Å². The van der Waals surface area contributed by atoms with Gasteiger partial charge in [0, 0.05) is 38.3 Å². The summed E-state index contributed by atoms with van der Waals surface area (Å²) in [4.78, 5) is 4.88. The summed E-state index contributed by atoms with van der Waals surface area (Å²) < 4.78 is 7.26. The molecule has 0 unspecified atom stereocenters. The lowest BCUT2D eigenvalue weighted by atomic mass is 10.1. The SMILES string of the molecule is COc1ccccc1CN1CCN(c2c(C)c(C)nn3cnnc23)CC1. The summed E-state index contributed by atoms with van der Waals surface area (Å²) in [5.41, 5.74) is 5.44. The number of aryl methyl sites for hydroxylation is 1. The quantitative estimate of drug-likeness (QED) is 0.716. The summed E-state index contributed by atoms with van der Waals surface area (Å²) in [5, 5.41) is 12.8. The summed E-state index contributed by atoms with van der Waals surface area (Å²) in [6, 6.07) is 8.25. The zero-order chi connectivity index (χ0) is 18.1. The Balaban J connectivity index is 1.51. The van der Waals surface area contributed by atoms with Crippen LogP contribution in [0.5, 0.6) is 5.75 Å². The second-order valence-corrected chi connectivity index (χ2v) is 6.73. The van der Waals surface area contributed by atoms with Crippen molar-refractivity contribution in [3.05, 3.63) is 47.4 Å². The molecule has 1 aliphatic rings. The number of hydrogen-bond acceptors (Lipinski definition) is 6. The minimum absolute atomic E-state index is 0.839. The fourth-order valence-electron chi connectivity index (χ4n) is 3.62. The number of fused-ring (bicyclic) bond motifs is 1. The molecule has 0 radical (unpaired) electrons. The van der Waals surface area contributed by atoms with Gasteiger partial charge in [-0.15, -0.1) is 10.2 Å². The lowest BCUT2D eigenvalue weighted by molar-refractivity contribution is 0.246. The van der Waals surface area contributed by atoms with Crippen LogP contribution in [0.25, 0.3) is 5.65 Å². The molecule has 7 nitrogen and oxygen atoms in total. The molecule has 0 amide bonds. The van der Waals surface area contributed by atoms with Crippen molar-refractivity contribution >= 4 is 11.3 Å². The second kappa shape index (κ2) is 6.92. The molecule has 2 aromatic heterocycles. The van der Waals surface area contributed by atoms with Gasteiger partial charge in [-0.1, -0.05) is 18.2 Å². The van der Waals surface area contributed by atoms with Gasteiger partial charge in [-0.25, -0.2) is 0 Å². The fraction of sp³-hybridized carbons (Fsp3) is 0.421. The molecule has 0 bridgehead atoms. The Hall–Kier alpha value is -2.67. The van der Waals surface area contributed by atoms with Crippen LogP contribution in [0.15, 0.2) is 30.6 Å². The molecule has 1 fully saturated rings. The predicted octanol–water partition coefficient (Wildman–Crippen LogP) is 2.07. The highest BCUT2D eigenvalue weighted by Gasteiger charge is 2.23. The van der Waals surface area contributed by atoms with Crippen molar-refractivity contribution < 1.29 is 4.74 Å². The van der Waals surface area contributed by atoms with Crippen LogP contribution in [0, 0.1) is 13.8 Å². The minimum Gasteiger partial charge on any atom is -0.496 e. The van der Waals surface area contributed by atoms with E-state index in [1.807, 2.05) is 19.1 Å². The topological polar surface area (TPSA) is 58.8 Å². The number of hydrogen-bond donors (Lipinski definition) is 0. The van der Waals surface area contributed by atoms with E-state index in [0.29, 0.717) is 0 Å². The van der Waals surface area contributed by atoms with Crippen LogP contribution in [-0.2, 0) is 6.54 Å². The minimum atomic E-state index is 0.839. The molecule has 0 aliphatic carbocycles. The molecule has 0 N–H and O–H groups in total. The van der Waals surface area contributed by atoms with Crippen LogP contribution >= 0.6 is 0 Å². The van der Waals surface area contributed by atoms with Crippen molar-refractivity contribution in [2.45, 2.75) is 20.4 Å². The van der Waals surface area contributed by atoms with Gasteiger partial charge in [-0.2, -0.15) is 9.61 Å². The van der Waals surface area contributed by atoms with Gasteiger partial charge in [0.25, 0.3) is 0 Å². The maximum atomic E-state index is 5.48. The first-order valence-electron chi connectivity index (χ1n) is 8.94. The van der Waals surface area contributed by atoms with Crippen LogP contribution < -0.4 is 9.64 Å². The fourth-order valence-corrected chi connectivity index (χ4v) is 3.62. The van der Waals surface area contributed by atoms with E-state index in [9.17, 15) is 0 Å². The summed E-state index contributed by atoms with van der Waals surface area (Å²) in [7, 11) is 1.73. The summed E-state index contributed by atoms with van der Waals surface area (Å²) in [6.45, 7) is 8.98. The number of nitrogens with zero attached hydrogens (tertiary/aromatic N) is 6. The summed E-state index contributed by atoms with van der Waals surface area (Å²) >= 11 is 0. The molecular weight excluding hydrogens is 328 g/mol. The van der Waals surface area contributed by atoms with Crippen molar-refractivity contribution in [2.24, 2.45) is 0 Å². The van der Waals surface area contributed by atoms with Gasteiger partial charge < -0.3 is 9.64 Å². The Morgan fingerprint density at radius 2 is 1.85 bits per heavy atom. The third-order valence-electron chi connectivity index (χ3n) is 5.17. The molecule has 1 aliphatic heterocycles. The maximum Gasteiger partial charge on any atom is 0.201 e. The van der Waals surface area contributed by atoms with Crippen LogP contribution in [0.4, 0.5) is 5.69 Å². The lowest BCUT2D eigenvalue weighted by Crippen LogP contribution is -2.46. The molecule has 1 saturated heterocycles. The van der Waals surface area contributed by atoms with Gasteiger partial charge in [0.1, 0.15) is 12.1 Å². The van der Waals surface area contributed by atoms with Gasteiger partial charge in [0.05, 0.1) is 18.5 Å². The van der Waals surface area contributed by atoms with E-state index in [1.54, 1.807) is 18.0 Å². The van der Waals surface area contributed by atoms with E-state index in [-0.39, 0.29) is 0 Å². The van der Waals surface area contributed by atoms with Crippen molar-refractivity contribution in [1.29, 1.82) is 0 Å². The molecule has 1 aromatic carbocycles. The summed E-state index contributed by atoms with van der Waals surface area (Å²) in [5.74, 6) is 0.959. The zero-order valence-corrected chi connectivity index (χ0v) is 15.5. The lowest BCUT2D eigenvalue weighted by Gasteiger charge is -2.37. The molecular formula is C19H24N6O. The normalized spacial score (nSPS) is 15.6. The highest BCUT2D eigenvalue weighted by Crippen LogP contribution is 2.27. The number of methoxy groups -OCH3 is 1. The molecule has 3 heterocycles. The van der Waals surface area contributed by atoms with Gasteiger partial charge in [0.15, 0.2) is 0 Å². The number of benzene rings is 1. The van der Waals surface area contributed by atoms with E-state index in [4.69, 9.17) is 4.74 Å². The Morgan fingerprint density at radius 3 is 2.62 bits per heavy atom. The first-order valence-corrected chi connectivity index (χ1v) is 8.94. The third kappa shape index (κ3) is 2.99. The van der Waals surface area contributed by atoms with E-state index >= 15 is 0 Å². The number of rotatable bonds is 4. The Kier molecular flexibility index (Phi) is 4.46. The number of anilines is 1. The maximum absolute atomic E-state index is 5.48. The van der Waals surface area contributed by atoms with Gasteiger partial charge >= 0.3 is 0 Å². The van der Waals surface area contributed by atoms with Crippen LogP contribution in [0.3, 0.4) is 0 Å². The molecule has 0 spiro atoms. The molecule has 0 saturated carbocycles. The van der Waals surface area contributed by atoms with Gasteiger partial charge in [0.2, 0.25) is 5.65 Å². The van der Waals surface area contributed by atoms with Gasteiger partial charge in [-0.3, -0.25) is 4.90 Å². The number of aromatic nitrogens is 4. The predicted molar refractivity (Wildman–Crippen MR) is 101 cm³/mol. The highest BCUT2D eigenvalue weighted by atomic mass is 16.5. The third-order valence-corrected chi connectivity index (χ3v) is 5.17. The van der Waals surface area contributed by atoms with Crippen molar-refractivity contribution in [2.75, 3.05) is 38.2 Å². The van der Waals surface area contributed by atoms with Crippen LogP contribution in [0.1, 0.15) is 16.8 Å². The van der Waals surface area contributed by atoms with E-state index in [0.717, 1.165) is 55.5 Å². The highest BCUT2D eigenvalue weighted by molar-refractivity contribution is 5.72. The molecule has 3 aromatic rings. The molecule has 4 rings (SSSR count). The largest absolute Gasteiger partial charge is 0.496 e. The molecule has 26 heavy (non-hydrogen) atoms. The smallest absolute Gasteiger partial charge is 0.201 e. The monoisotopic (exact) mass is 352 g/mol. The van der Waals surface area contributed by atoms with Crippen LogP contribution in [0.2, 0.25) is 0 Å². The zero-order valence-electron chi connectivity index (χ0n) is 15.5. The molecule has 7 heteroatoms. The number of piperazine rings is 1. The van der Waals surface area contributed by atoms with Gasteiger partial charge in [-0.05, 0) is 25.5 Å². The van der Waals surface area contributed by atoms with Crippen molar-refractivity contribution in [3.63, 3.8) is 0 Å².